The highest BCUT2D eigenvalue weighted by Gasteiger charge is 2.23. The second-order valence-corrected chi connectivity index (χ2v) is 12.0. The van der Waals surface area contributed by atoms with Gasteiger partial charge in [0.15, 0.2) is 0 Å². The Hall–Kier alpha value is -4.72. The molecule has 0 bridgehead atoms. The lowest BCUT2D eigenvalue weighted by molar-refractivity contribution is -0.120. The Morgan fingerprint density at radius 2 is 1.25 bits per heavy atom. The molecule has 0 spiro atoms. The standard InChI is InChI=1S/C34H36ClFN8O4/c1-47-33-27(15-37-13-19-9-11-29(45)41-19)39-17-25(43-33)23-7-3-5-21(31(23)35)22-6-4-8-24(32(22)36)26-18-40-28(34(44-26)48-2)16-38-14-20-10-12-30(46)42-20/h3-8,17-20,37-38H,9-16H2,1-2H3,(H,41,45)(H,42,46). The molecule has 2 atom stereocenters. The van der Waals surface area contributed by atoms with Gasteiger partial charge in [-0.2, -0.15) is 0 Å². The summed E-state index contributed by atoms with van der Waals surface area (Å²) in [6, 6.07) is 10.5. The Morgan fingerprint density at radius 3 is 1.75 bits per heavy atom. The smallest absolute Gasteiger partial charge is 0.237 e. The average Bonchev–Trinajstić information content (AvgIpc) is 3.72. The van der Waals surface area contributed by atoms with Crippen LogP contribution in [0.5, 0.6) is 11.8 Å². The molecule has 250 valence electrons. The van der Waals surface area contributed by atoms with E-state index in [1.54, 1.807) is 42.6 Å². The van der Waals surface area contributed by atoms with Crippen LogP contribution in [0.3, 0.4) is 0 Å². The topological polar surface area (TPSA) is 152 Å². The quantitative estimate of drug-likeness (QED) is 0.165. The highest BCUT2D eigenvalue weighted by atomic mass is 35.5. The van der Waals surface area contributed by atoms with Crippen LogP contribution in [-0.4, -0.2) is 71.1 Å². The number of nitrogens with one attached hydrogen (secondary N) is 4. The highest BCUT2D eigenvalue weighted by Crippen LogP contribution is 2.39. The Morgan fingerprint density at radius 1 is 0.771 bits per heavy atom. The van der Waals surface area contributed by atoms with Crippen molar-refractivity contribution in [1.82, 2.24) is 41.2 Å². The predicted octanol–water partition coefficient (Wildman–Crippen LogP) is 3.81. The molecule has 2 saturated heterocycles. The van der Waals surface area contributed by atoms with E-state index in [0.717, 1.165) is 12.8 Å². The van der Waals surface area contributed by atoms with Crippen LogP contribution in [0.4, 0.5) is 4.39 Å². The van der Waals surface area contributed by atoms with Crippen molar-refractivity contribution in [2.24, 2.45) is 0 Å². The van der Waals surface area contributed by atoms with Crippen molar-refractivity contribution in [1.29, 1.82) is 0 Å². The van der Waals surface area contributed by atoms with Crippen LogP contribution in [0.15, 0.2) is 48.8 Å². The number of rotatable bonds is 13. The molecule has 4 aromatic rings. The van der Waals surface area contributed by atoms with Gasteiger partial charge in [-0.05, 0) is 18.9 Å². The monoisotopic (exact) mass is 674 g/mol. The van der Waals surface area contributed by atoms with Crippen LogP contribution in [-0.2, 0) is 22.7 Å². The highest BCUT2D eigenvalue weighted by molar-refractivity contribution is 6.36. The first-order chi connectivity index (χ1) is 23.3. The minimum Gasteiger partial charge on any atom is -0.480 e. The summed E-state index contributed by atoms with van der Waals surface area (Å²) < 4.78 is 27.3. The molecule has 4 heterocycles. The predicted molar refractivity (Wildman–Crippen MR) is 178 cm³/mol. The molecule has 2 unspecified atom stereocenters. The molecule has 2 aromatic heterocycles. The van der Waals surface area contributed by atoms with E-state index in [9.17, 15) is 9.59 Å². The van der Waals surface area contributed by atoms with Crippen molar-refractivity contribution >= 4 is 23.4 Å². The molecule has 2 fully saturated rings. The number of hydrogen-bond donors (Lipinski definition) is 4. The SMILES string of the molecule is COc1nc(-c2cccc(-c3cccc(-c4cnc(CNCC5CCC(=O)N5)c(OC)n4)c3Cl)c2F)cnc1CNCC1CCC(=O)N1. The summed E-state index contributed by atoms with van der Waals surface area (Å²) in [6.45, 7) is 1.98. The van der Waals surface area contributed by atoms with E-state index in [-0.39, 0.29) is 40.9 Å². The molecule has 48 heavy (non-hydrogen) atoms. The Kier molecular flexibility index (Phi) is 10.4. The van der Waals surface area contributed by atoms with E-state index >= 15 is 4.39 Å². The van der Waals surface area contributed by atoms with Gasteiger partial charge in [-0.1, -0.05) is 41.9 Å². The molecular formula is C34H36ClFN8O4. The summed E-state index contributed by atoms with van der Waals surface area (Å²) in [5.41, 5.74) is 3.51. The number of amides is 2. The summed E-state index contributed by atoms with van der Waals surface area (Å²) in [5.74, 6) is 0.217. The van der Waals surface area contributed by atoms with Crippen LogP contribution in [0.1, 0.15) is 37.1 Å². The van der Waals surface area contributed by atoms with Crippen LogP contribution < -0.4 is 30.7 Å². The molecular weight excluding hydrogens is 639 g/mol. The van der Waals surface area contributed by atoms with Crippen molar-refractivity contribution in [3.05, 3.63) is 71.0 Å². The van der Waals surface area contributed by atoms with E-state index in [2.05, 4.69) is 41.2 Å². The third-order valence-electron chi connectivity index (χ3n) is 8.39. The van der Waals surface area contributed by atoms with Gasteiger partial charge in [-0.3, -0.25) is 19.6 Å². The number of carbonyl (C=O) groups excluding carboxylic acids is 2. The zero-order chi connectivity index (χ0) is 33.6. The molecule has 2 amide bonds. The normalized spacial score (nSPS) is 17.3. The van der Waals surface area contributed by atoms with Crippen molar-refractivity contribution in [2.45, 2.75) is 50.9 Å². The Bertz CT molecular complexity index is 1700. The van der Waals surface area contributed by atoms with Gasteiger partial charge in [0.25, 0.3) is 0 Å². The maximum Gasteiger partial charge on any atom is 0.237 e. The number of methoxy groups -OCH3 is 2. The van der Waals surface area contributed by atoms with Gasteiger partial charge in [0.1, 0.15) is 17.2 Å². The summed E-state index contributed by atoms with van der Waals surface area (Å²) in [4.78, 5) is 41.2. The van der Waals surface area contributed by atoms with Gasteiger partial charge in [-0.25, -0.2) is 14.4 Å². The first-order valence-corrected chi connectivity index (χ1v) is 16.1. The number of nitrogens with zero attached hydrogens (tertiary/aromatic N) is 4. The van der Waals surface area contributed by atoms with Gasteiger partial charge in [0.05, 0.1) is 43.0 Å². The minimum atomic E-state index is -0.515. The van der Waals surface area contributed by atoms with E-state index in [4.69, 9.17) is 21.1 Å². The molecule has 12 nitrogen and oxygen atoms in total. The van der Waals surface area contributed by atoms with Crippen LogP contribution >= 0.6 is 11.6 Å². The molecule has 0 aliphatic carbocycles. The second-order valence-electron chi connectivity index (χ2n) is 11.6. The molecule has 14 heteroatoms. The fourth-order valence-electron chi connectivity index (χ4n) is 5.89. The molecule has 2 aliphatic heterocycles. The third kappa shape index (κ3) is 7.38. The maximum atomic E-state index is 16.2. The molecule has 4 N–H and O–H groups in total. The molecule has 2 aromatic carbocycles. The number of aromatic nitrogens is 4. The first kappa shape index (κ1) is 33.2. The number of ether oxygens (including phenoxy) is 2. The van der Waals surface area contributed by atoms with Crippen molar-refractivity contribution in [3.8, 4) is 45.4 Å². The van der Waals surface area contributed by atoms with Crippen molar-refractivity contribution in [3.63, 3.8) is 0 Å². The van der Waals surface area contributed by atoms with Gasteiger partial charge in [0.2, 0.25) is 23.6 Å². The number of hydrogen-bond acceptors (Lipinski definition) is 10. The Labute approximate surface area is 282 Å². The molecule has 0 saturated carbocycles. The van der Waals surface area contributed by atoms with Crippen molar-refractivity contribution < 1.29 is 23.5 Å². The average molecular weight is 675 g/mol. The van der Waals surface area contributed by atoms with E-state index in [1.807, 2.05) is 0 Å². The third-order valence-corrected chi connectivity index (χ3v) is 8.79. The minimum absolute atomic E-state index is 0.0568. The van der Waals surface area contributed by atoms with Gasteiger partial charge < -0.3 is 30.7 Å². The lowest BCUT2D eigenvalue weighted by atomic mass is 9.98. The fourth-order valence-corrected chi connectivity index (χ4v) is 6.21. The second kappa shape index (κ2) is 15.0. The largest absolute Gasteiger partial charge is 0.480 e. The van der Waals surface area contributed by atoms with Crippen LogP contribution in [0.2, 0.25) is 5.02 Å². The van der Waals surface area contributed by atoms with Gasteiger partial charge in [0, 0.05) is 73.4 Å². The molecule has 2 aliphatic rings. The van der Waals surface area contributed by atoms with E-state index in [0.29, 0.717) is 83.8 Å². The van der Waals surface area contributed by atoms with Crippen LogP contribution in [0, 0.1) is 5.82 Å². The fraction of sp³-hybridized carbons (Fsp3) is 0.353. The van der Waals surface area contributed by atoms with E-state index in [1.165, 1.54) is 20.4 Å². The Balaban J connectivity index is 1.20. The lowest BCUT2D eigenvalue weighted by Gasteiger charge is -2.15. The first-order valence-electron chi connectivity index (χ1n) is 15.7. The van der Waals surface area contributed by atoms with Crippen LogP contribution in [0.25, 0.3) is 33.6 Å². The van der Waals surface area contributed by atoms with E-state index < -0.39 is 5.82 Å². The maximum absolute atomic E-state index is 16.2. The number of benzene rings is 2. The summed E-state index contributed by atoms with van der Waals surface area (Å²) in [5, 5.41) is 12.7. The number of halogens is 2. The van der Waals surface area contributed by atoms with Gasteiger partial charge >= 0.3 is 0 Å². The zero-order valence-corrected chi connectivity index (χ0v) is 27.4. The molecule has 0 radical (unpaired) electrons. The summed E-state index contributed by atoms with van der Waals surface area (Å²) in [7, 11) is 3.01. The van der Waals surface area contributed by atoms with Crippen molar-refractivity contribution in [2.75, 3.05) is 27.3 Å². The summed E-state index contributed by atoms with van der Waals surface area (Å²) in [6.07, 6.45) is 5.77. The summed E-state index contributed by atoms with van der Waals surface area (Å²) >= 11 is 6.92. The zero-order valence-electron chi connectivity index (χ0n) is 26.6. The van der Waals surface area contributed by atoms with Gasteiger partial charge in [-0.15, -0.1) is 0 Å². The lowest BCUT2D eigenvalue weighted by Crippen LogP contribution is -2.35. The number of carbonyl (C=O) groups is 2. The molecule has 6 rings (SSSR count).